The molecule has 1 saturated carbocycles. The fourth-order valence-corrected chi connectivity index (χ4v) is 3.02. The molecule has 0 radical (unpaired) electrons. The van der Waals surface area contributed by atoms with Crippen molar-refractivity contribution in [2.45, 2.75) is 58.5 Å². The minimum atomic E-state index is 0.606. The third kappa shape index (κ3) is 4.24. The lowest BCUT2D eigenvalue weighted by Gasteiger charge is -2.28. The van der Waals surface area contributed by atoms with Crippen molar-refractivity contribution >= 4 is 0 Å². The highest BCUT2D eigenvalue weighted by atomic mass is 16.5. The van der Waals surface area contributed by atoms with Gasteiger partial charge in [-0.05, 0) is 38.7 Å². The van der Waals surface area contributed by atoms with Crippen molar-refractivity contribution in [3.05, 3.63) is 29.8 Å². The molecule has 1 aromatic rings. The van der Waals surface area contributed by atoms with Gasteiger partial charge in [-0.1, -0.05) is 37.5 Å². The first-order chi connectivity index (χ1) is 9.31. The predicted octanol–water partition coefficient (Wildman–Crippen LogP) is 4.14. The molecule has 0 aromatic heterocycles. The summed E-state index contributed by atoms with van der Waals surface area (Å²) < 4.78 is 5.67. The Hall–Kier alpha value is -1.02. The topological polar surface area (TPSA) is 21.3 Å². The van der Waals surface area contributed by atoms with E-state index in [0.717, 1.165) is 24.8 Å². The van der Waals surface area contributed by atoms with Crippen LogP contribution in [0.3, 0.4) is 0 Å². The summed E-state index contributed by atoms with van der Waals surface area (Å²) in [7, 11) is 0. The first-order valence-electron chi connectivity index (χ1n) is 7.75. The van der Waals surface area contributed by atoms with E-state index in [-0.39, 0.29) is 0 Å². The van der Waals surface area contributed by atoms with Gasteiger partial charge in [0.15, 0.2) is 0 Å². The minimum Gasteiger partial charge on any atom is -0.494 e. The highest BCUT2D eigenvalue weighted by Gasteiger charge is 2.19. The molecule has 1 aliphatic carbocycles. The zero-order chi connectivity index (χ0) is 13.5. The number of benzene rings is 1. The lowest BCUT2D eigenvalue weighted by Crippen LogP contribution is -2.34. The molecule has 106 valence electrons. The summed E-state index contributed by atoms with van der Waals surface area (Å²) in [5, 5.41) is 3.69. The van der Waals surface area contributed by atoms with E-state index in [1.165, 1.54) is 37.7 Å². The van der Waals surface area contributed by atoms with Crippen molar-refractivity contribution in [3.8, 4) is 5.75 Å². The van der Waals surface area contributed by atoms with Crippen molar-refractivity contribution in [3.63, 3.8) is 0 Å². The largest absolute Gasteiger partial charge is 0.494 e. The fourth-order valence-electron chi connectivity index (χ4n) is 3.02. The van der Waals surface area contributed by atoms with E-state index in [9.17, 15) is 0 Å². The Morgan fingerprint density at radius 3 is 2.68 bits per heavy atom. The van der Waals surface area contributed by atoms with Crippen LogP contribution in [0.1, 0.15) is 51.5 Å². The smallest absolute Gasteiger partial charge is 0.123 e. The Labute approximate surface area is 117 Å². The van der Waals surface area contributed by atoms with Gasteiger partial charge in [0.25, 0.3) is 0 Å². The van der Waals surface area contributed by atoms with E-state index in [1.54, 1.807) is 0 Å². The van der Waals surface area contributed by atoms with Gasteiger partial charge in [0.05, 0.1) is 6.61 Å². The van der Waals surface area contributed by atoms with E-state index in [1.807, 2.05) is 13.0 Å². The molecular weight excluding hydrogens is 234 g/mol. The van der Waals surface area contributed by atoms with Gasteiger partial charge in [-0.3, -0.25) is 0 Å². The molecule has 0 spiro atoms. The third-order valence-electron chi connectivity index (χ3n) is 4.24. The monoisotopic (exact) mass is 261 g/mol. The first-order valence-corrected chi connectivity index (χ1v) is 7.75. The van der Waals surface area contributed by atoms with Gasteiger partial charge >= 0.3 is 0 Å². The molecular formula is C17H27NO. The van der Waals surface area contributed by atoms with E-state index in [2.05, 4.69) is 30.4 Å². The molecule has 0 saturated heterocycles. The summed E-state index contributed by atoms with van der Waals surface area (Å²) in [4.78, 5) is 0. The predicted molar refractivity (Wildman–Crippen MR) is 80.5 cm³/mol. The Morgan fingerprint density at radius 2 is 1.95 bits per heavy atom. The summed E-state index contributed by atoms with van der Waals surface area (Å²) in [6.07, 6.45) is 7.03. The highest BCUT2D eigenvalue weighted by Crippen LogP contribution is 2.27. The number of ether oxygens (including phenoxy) is 1. The van der Waals surface area contributed by atoms with Gasteiger partial charge < -0.3 is 10.1 Å². The summed E-state index contributed by atoms with van der Waals surface area (Å²) in [5.41, 5.74) is 1.27. The van der Waals surface area contributed by atoms with Crippen LogP contribution in [0.4, 0.5) is 0 Å². The average Bonchev–Trinajstić information content (AvgIpc) is 2.47. The molecule has 0 amide bonds. The highest BCUT2D eigenvalue weighted by molar-refractivity contribution is 5.33. The molecule has 1 aliphatic rings. The summed E-state index contributed by atoms with van der Waals surface area (Å²) in [6.45, 7) is 6.01. The Bertz CT molecular complexity index is 371. The number of hydrogen-bond acceptors (Lipinski definition) is 2. The Morgan fingerprint density at radius 1 is 1.21 bits per heavy atom. The lowest BCUT2D eigenvalue weighted by atomic mass is 9.84. The number of nitrogens with one attached hydrogen (secondary N) is 1. The van der Waals surface area contributed by atoms with Crippen molar-refractivity contribution in [1.29, 1.82) is 0 Å². The molecule has 1 atom stereocenters. The van der Waals surface area contributed by atoms with E-state index in [0.29, 0.717) is 6.04 Å². The number of para-hydroxylation sites is 1. The van der Waals surface area contributed by atoms with Crippen molar-refractivity contribution in [2.24, 2.45) is 5.92 Å². The number of hydrogen-bond donors (Lipinski definition) is 1. The average molecular weight is 261 g/mol. The second kappa shape index (κ2) is 7.54. The first kappa shape index (κ1) is 14.4. The third-order valence-corrected chi connectivity index (χ3v) is 4.24. The van der Waals surface area contributed by atoms with Crippen LogP contribution in [0.25, 0.3) is 0 Å². The van der Waals surface area contributed by atoms with Crippen molar-refractivity contribution in [2.75, 3.05) is 6.61 Å². The van der Waals surface area contributed by atoms with Crippen LogP contribution in [0.15, 0.2) is 24.3 Å². The quantitative estimate of drug-likeness (QED) is 0.831. The second-order valence-corrected chi connectivity index (χ2v) is 5.61. The van der Waals surface area contributed by atoms with Crippen LogP contribution in [-0.2, 0) is 6.54 Å². The van der Waals surface area contributed by atoms with Crippen molar-refractivity contribution in [1.82, 2.24) is 5.32 Å². The fraction of sp³-hybridized carbons (Fsp3) is 0.647. The molecule has 2 nitrogen and oxygen atoms in total. The maximum atomic E-state index is 5.67. The van der Waals surface area contributed by atoms with Gasteiger partial charge in [0, 0.05) is 18.2 Å². The normalized spacial score (nSPS) is 18.2. The molecule has 1 aromatic carbocycles. The molecule has 0 unspecified atom stereocenters. The van der Waals surface area contributed by atoms with Crippen LogP contribution < -0.4 is 10.1 Å². The van der Waals surface area contributed by atoms with Crippen LogP contribution in [0.5, 0.6) is 5.75 Å². The standard InChI is InChI=1S/C17H27NO/c1-3-19-17-12-8-7-11-16(17)13-18-14(2)15-9-5-4-6-10-15/h7-8,11-12,14-15,18H,3-6,9-10,13H2,1-2H3/t14-/m0/s1. The minimum absolute atomic E-state index is 0.606. The summed E-state index contributed by atoms with van der Waals surface area (Å²) in [5.74, 6) is 1.88. The van der Waals surface area contributed by atoms with E-state index < -0.39 is 0 Å². The Kier molecular flexibility index (Phi) is 5.71. The lowest BCUT2D eigenvalue weighted by molar-refractivity contribution is 0.278. The molecule has 2 heteroatoms. The maximum Gasteiger partial charge on any atom is 0.123 e. The molecule has 19 heavy (non-hydrogen) atoms. The van der Waals surface area contributed by atoms with Gasteiger partial charge in [-0.15, -0.1) is 0 Å². The molecule has 0 aliphatic heterocycles. The van der Waals surface area contributed by atoms with Crippen LogP contribution in [-0.4, -0.2) is 12.6 Å². The second-order valence-electron chi connectivity index (χ2n) is 5.61. The molecule has 1 N–H and O–H groups in total. The van der Waals surface area contributed by atoms with Gasteiger partial charge in [0.2, 0.25) is 0 Å². The van der Waals surface area contributed by atoms with E-state index >= 15 is 0 Å². The molecule has 0 bridgehead atoms. The van der Waals surface area contributed by atoms with Gasteiger partial charge in [-0.25, -0.2) is 0 Å². The molecule has 0 heterocycles. The molecule has 2 rings (SSSR count). The van der Waals surface area contributed by atoms with Crippen molar-refractivity contribution < 1.29 is 4.74 Å². The zero-order valence-corrected chi connectivity index (χ0v) is 12.3. The zero-order valence-electron chi connectivity index (χ0n) is 12.3. The van der Waals surface area contributed by atoms with Crippen LogP contribution in [0.2, 0.25) is 0 Å². The summed E-state index contributed by atoms with van der Waals surface area (Å²) >= 11 is 0. The number of rotatable bonds is 6. The molecule has 1 fully saturated rings. The SMILES string of the molecule is CCOc1ccccc1CN[C@@H](C)C1CCCCC1. The maximum absolute atomic E-state index is 5.67. The van der Waals surface area contributed by atoms with Gasteiger partial charge in [0.1, 0.15) is 5.75 Å². The summed E-state index contributed by atoms with van der Waals surface area (Å²) in [6, 6.07) is 8.95. The Balaban J connectivity index is 1.87. The van der Waals surface area contributed by atoms with E-state index in [4.69, 9.17) is 4.74 Å². The van der Waals surface area contributed by atoms with Gasteiger partial charge in [-0.2, -0.15) is 0 Å². The van der Waals surface area contributed by atoms with Crippen LogP contribution >= 0.6 is 0 Å². The van der Waals surface area contributed by atoms with Crippen LogP contribution in [0, 0.1) is 5.92 Å².